The Morgan fingerprint density at radius 3 is 2.00 bits per heavy atom. The molecule has 20 heavy (non-hydrogen) atoms. The van der Waals surface area contributed by atoms with Crippen LogP contribution >= 0.6 is 0 Å². The summed E-state index contributed by atoms with van der Waals surface area (Å²) in [6.45, 7) is 3.68. The minimum atomic E-state index is -0.411. The van der Waals surface area contributed by atoms with E-state index in [4.69, 9.17) is 19.7 Å². The fourth-order valence-electron chi connectivity index (χ4n) is 1.34. The van der Waals surface area contributed by atoms with Crippen molar-refractivity contribution >= 4 is 11.9 Å². The van der Waals surface area contributed by atoms with Gasteiger partial charge in [0.1, 0.15) is 6.61 Å². The zero-order valence-corrected chi connectivity index (χ0v) is 12.4. The molecule has 0 aromatic rings. The fraction of sp³-hybridized carbons (Fsp3) is 0.857. The lowest BCUT2D eigenvalue weighted by atomic mass is 9.97. The smallest absolute Gasteiger partial charge is 0.305 e. The minimum absolute atomic E-state index is 0.0315. The first-order valence-electron chi connectivity index (χ1n) is 6.94. The molecule has 0 amide bonds. The predicted molar refractivity (Wildman–Crippen MR) is 73.0 cm³/mol. The average Bonchev–Trinajstić information content (AvgIpc) is 2.42. The van der Waals surface area contributed by atoms with Gasteiger partial charge < -0.3 is 19.7 Å². The number of aliphatic hydroxyl groups excluding tert-OH is 2. The van der Waals surface area contributed by atoms with Crippen LogP contribution in [0.1, 0.15) is 46.0 Å². The zero-order chi connectivity index (χ0) is 15.4. The van der Waals surface area contributed by atoms with E-state index in [1.165, 1.54) is 0 Å². The Labute approximate surface area is 120 Å². The van der Waals surface area contributed by atoms with E-state index in [-0.39, 0.29) is 38.4 Å². The molecular weight excluding hydrogens is 264 g/mol. The lowest BCUT2D eigenvalue weighted by Gasteiger charge is -2.20. The van der Waals surface area contributed by atoms with Gasteiger partial charge in [-0.2, -0.15) is 0 Å². The van der Waals surface area contributed by atoms with Gasteiger partial charge in [0.25, 0.3) is 0 Å². The SMILES string of the molecule is CC(C)(CO)COC(=O)CCCCCC(=O)OCCO. The molecule has 0 aliphatic carbocycles. The summed E-state index contributed by atoms with van der Waals surface area (Å²) < 4.78 is 9.76. The Hall–Kier alpha value is -1.14. The number of unbranched alkanes of at least 4 members (excludes halogenated alkanes) is 2. The van der Waals surface area contributed by atoms with Crippen molar-refractivity contribution in [2.24, 2.45) is 5.41 Å². The van der Waals surface area contributed by atoms with Crippen LogP contribution in [0.4, 0.5) is 0 Å². The molecule has 6 heteroatoms. The number of carbonyl (C=O) groups is 2. The van der Waals surface area contributed by atoms with Gasteiger partial charge >= 0.3 is 11.9 Å². The van der Waals surface area contributed by atoms with Crippen LogP contribution in [0.5, 0.6) is 0 Å². The van der Waals surface area contributed by atoms with Crippen molar-refractivity contribution in [1.29, 1.82) is 0 Å². The number of ether oxygens (including phenoxy) is 2. The first-order valence-corrected chi connectivity index (χ1v) is 6.94. The third-order valence-electron chi connectivity index (χ3n) is 2.67. The van der Waals surface area contributed by atoms with Gasteiger partial charge in [0.05, 0.1) is 19.8 Å². The minimum Gasteiger partial charge on any atom is -0.465 e. The normalized spacial score (nSPS) is 11.2. The second-order valence-corrected chi connectivity index (χ2v) is 5.49. The van der Waals surface area contributed by atoms with E-state index in [2.05, 4.69) is 0 Å². The molecule has 0 fully saturated rings. The highest BCUT2D eigenvalue weighted by atomic mass is 16.5. The average molecular weight is 290 g/mol. The lowest BCUT2D eigenvalue weighted by Crippen LogP contribution is -2.25. The van der Waals surface area contributed by atoms with E-state index >= 15 is 0 Å². The highest BCUT2D eigenvalue weighted by Gasteiger charge is 2.18. The second-order valence-electron chi connectivity index (χ2n) is 5.49. The Morgan fingerprint density at radius 2 is 1.50 bits per heavy atom. The van der Waals surface area contributed by atoms with Crippen LogP contribution in [-0.4, -0.2) is 48.6 Å². The van der Waals surface area contributed by atoms with Crippen LogP contribution in [0.3, 0.4) is 0 Å². The van der Waals surface area contributed by atoms with E-state index < -0.39 is 5.41 Å². The summed E-state index contributed by atoms with van der Waals surface area (Å²) in [5, 5.41) is 17.5. The van der Waals surface area contributed by atoms with Gasteiger partial charge in [-0.3, -0.25) is 9.59 Å². The Morgan fingerprint density at radius 1 is 0.950 bits per heavy atom. The van der Waals surface area contributed by atoms with Crippen molar-refractivity contribution in [2.75, 3.05) is 26.4 Å². The number of hydrogen-bond acceptors (Lipinski definition) is 6. The molecule has 118 valence electrons. The first-order chi connectivity index (χ1) is 9.41. The van der Waals surface area contributed by atoms with E-state index in [0.29, 0.717) is 25.7 Å². The summed E-state index contributed by atoms with van der Waals surface area (Å²) in [6.07, 6.45) is 2.66. The number of hydrogen-bond donors (Lipinski definition) is 2. The molecule has 0 aliphatic heterocycles. The van der Waals surface area contributed by atoms with E-state index in [1.807, 2.05) is 13.8 Å². The maximum atomic E-state index is 11.4. The molecule has 2 N–H and O–H groups in total. The van der Waals surface area contributed by atoms with Gasteiger partial charge in [-0.15, -0.1) is 0 Å². The van der Waals surface area contributed by atoms with Crippen molar-refractivity contribution in [3.8, 4) is 0 Å². The Bertz CT molecular complexity index is 287. The summed E-state index contributed by atoms with van der Waals surface area (Å²) in [5.74, 6) is -0.610. The summed E-state index contributed by atoms with van der Waals surface area (Å²) >= 11 is 0. The first kappa shape index (κ1) is 18.9. The second kappa shape index (κ2) is 10.6. The third kappa shape index (κ3) is 10.8. The molecule has 0 aliphatic rings. The molecule has 0 heterocycles. The van der Waals surface area contributed by atoms with Crippen LogP contribution in [0.15, 0.2) is 0 Å². The summed E-state index contributed by atoms with van der Waals surface area (Å²) in [5.41, 5.74) is -0.411. The summed E-state index contributed by atoms with van der Waals surface area (Å²) in [6, 6.07) is 0. The monoisotopic (exact) mass is 290 g/mol. The van der Waals surface area contributed by atoms with Gasteiger partial charge in [0, 0.05) is 18.3 Å². The molecular formula is C14H26O6. The molecule has 0 aromatic carbocycles. The molecule has 0 saturated heterocycles. The van der Waals surface area contributed by atoms with Gasteiger partial charge in [-0.05, 0) is 12.8 Å². The van der Waals surface area contributed by atoms with Crippen molar-refractivity contribution in [3.05, 3.63) is 0 Å². The molecule has 0 aromatic heterocycles. The largest absolute Gasteiger partial charge is 0.465 e. The van der Waals surface area contributed by atoms with Gasteiger partial charge in [-0.25, -0.2) is 0 Å². The molecule has 0 bridgehead atoms. The predicted octanol–water partition coefficient (Wildman–Crippen LogP) is 1.03. The lowest BCUT2D eigenvalue weighted by molar-refractivity contribution is -0.147. The van der Waals surface area contributed by atoms with Crippen LogP contribution in [0.25, 0.3) is 0 Å². The Balaban J connectivity index is 3.51. The van der Waals surface area contributed by atoms with Crippen molar-refractivity contribution < 1.29 is 29.3 Å². The van der Waals surface area contributed by atoms with E-state index in [9.17, 15) is 9.59 Å². The number of esters is 2. The van der Waals surface area contributed by atoms with Crippen LogP contribution in [0.2, 0.25) is 0 Å². The highest BCUT2D eigenvalue weighted by molar-refractivity contribution is 5.69. The molecule has 6 nitrogen and oxygen atoms in total. The zero-order valence-electron chi connectivity index (χ0n) is 12.4. The summed E-state index contributed by atoms with van der Waals surface area (Å²) in [7, 11) is 0. The number of carbonyl (C=O) groups excluding carboxylic acids is 2. The maximum Gasteiger partial charge on any atom is 0.305 e. The van der Waals surface area contributed by atoms with Gasteiger partial charge in [-0.1, -0.05) is 20.3 Å². The topological polar surface area (TPSA) is 93.1 Å². The fourth-order valence-corrected chi connectivity index (χ4v) is 1.34. The molecule has 0 atom stereocenters. The summed E-state index contributed by atoms with van der Waals surface area (Å²) in [4.78, 5) is 22.5. The Kier molecular flexibility index (Phi) is 10.0. The van der Waals surface area contributed by atoms with Crippen molar-refractivity contribution in [3.63, 3.8) is 0 Å². The molecule has 0 spiro atoms. The van der Waals surface area contributed by atoms with Crippen molar-refractivity contribution in [1.82, 2.24) is 0 Å². The van der Waals surface area contributed by atoms with Crippen LogP contribution in [0, 0.1) is 5.41 Å². The van der Waals surface area contributed by atoms with Crippen LogP contribution < -0.4 is 0 Å². The van der Waals surface area contributed by atoms with Gasteiger partial charge in [0.2, 0.25) is 0 Å². The molecule has 0 saturated carbocycles. The highest BCUT2D eigenvalue weighted by Crippen LogP contribution is 2.14. The standard InChI is InChI=1S/C14H26O6/c1-14(2,10-16)11-20-13(18)7-5-3-4-6-12(17)19-9-8-15/h15-16H,3-11H2,1-2H3. The molecule has 0 radical (unpaired) electrons. The molecule has 0 unspecified atom stereocenters. The quantitative estimate of drug-likeness (QED) is 0.436. The van der Waals surface area contributed by atoms with Crippen molar-refractivity contribution in [2.45, 2.75) is 46.0 Å². The number of rotatable bonds is 11. The number of aliphatic hydroxyl groups is 2. The van der Waals surface area contributed by atoms with Crippen LogP contribution in [-0.2, 0) is 19.1 Å². The van der Waals surface area contributed by atoms with E-state index in [0.717, 1.165) is 6.42 Å². The van der Waals surface area contributed by atoms with Gasteiger partial charge in [0.15, 0.2) is 0 Å². The maximum absolute atomic E-state index is 11.4. The molecule has 0 rings (SSSR count). The van der Waals surface area contributed by atoms with E-state index in [1.54, 1.807) is 0 Å². The third-order valence-corrected chi connectivity index (χ3v) is 2.67.